The van der Waals surface area contributed by atoms with E-state index < -0.39 is 18.2 Å². The Morgan fingerprint density at radius 1 is 1.06 bits per heavy atom. The largest absolute Gasteiger partial charge is 0.333 e. The summed E-state index contributed by atoms with van der Waals surface area (Å²) in [5.41, 5.74) is 2.49. The van der Waals surface area contributed by atoms with Crippen molar-refractivity contribution < 1.29 is 9.59 Å². The van der Waals surface area contributed by atoms with E-state index in [2.05, 4.69) is 65.7 Å². The van der Waals surface area contributed by atoms with Crippen molar-refractivity contribution in [2.24, 2.45) is 4.99 Å². The molecule has 31 heavy (non-hydrogen) atoms. The molecule has 2 aliphatic rings. The second kappa shape index (κ2) is 9.04. The zero-order valence-corrected chi connectivity index (χ0v) is 17.6. The molecule has 0 bridgehead atoms. The number of carbonyl (C=O) groups excluding carboxylic acids is 2. The van der Waals surface area contributed by atoms with E-state index in [1.165, 1.54) is 16.0 Å². The van der Waals surface area contributed by atoms with Gasteiger partial charge in [-0.25, -0.2) is 4.79 Å². The van der Waals surface area contributed by atoms with Gasteiger partial charge in [-0.15, -0.1) is 6.58 Å². The van der Waals surface area contributed by atoms with Crippen LogP contribution >= 0.6 is 0 Å². The molecule has 160 valence electrons. The standard InChI is InChI=1S/C24H27N5O2/c1-3-16-29-20-21(28(2)24(31)27-22(20)30)26-23(29)25-15-14-19(17-10-6-4-7-11-17)18-12-8-5-9-13-18/h3-13,19-21H,1,14-16H2,2H3,(H,25,26)(H,27,30,31). The van der Waals surface area contributed by atoms with Gasteiger partial charge in [0.05, 0.1) is 0 Å². The van der Waals surface area contributed by atoms with Crippen molar-refractivity contribution in [2.45, 2.75) is 24.5 Å². The lowest BCUT2D eigenvalue weighted by molar-refractivity contribution is -0.126. The Hall–Kier alpha value is -3.61. The van der Waals surface area contributed by atoms with Gasteiger partial charge in [-0.2, -0.15) is 0 Å². The highest BCUT2D eigenvalue weighted by Crippen LogP contribution is 2.28. The molecule has 2 N–H and O–H groups in total. The summed E-state index contributed by atoms with van der Waals surface area (Å²) < 4.78 is 0. The Morgan fingerprint density at radius 3 is 2.26 bits per heavy atom. The van der Waals surface area contributed by atoms with Gasteiger partial charge in [0.1, 0.15) is 6.17 Å². The quantitative estimate of drug-likeness (QED) is 0.679. The lowest BCUT2D eigenvalue weighted by Crippen LogP contribution is -2.64. The Morgan fingerprint density at radius 2 is 1.68 bits per heavy atom. The van der Waals surface area contributed by atoms with Crippen molar-refractivity contribution in [3.05, 3.63) is 84.4 Å². The van der Waals surface area contributed by atoms with E-state index in [4.69, 9.17) is 4.99 Å². The minimum atomic E-state index is -0.529. The second-order valence-corrected chi connectivity index (χ2v) is 7.75. The fourth-order valence-electron chi connectivity index (χ4n) is 4.26. The molecule has 2 saturated heterocycles. The van der Waals surface area contributed by atoms with Crippen molar-refractivity contribution in [3.8, 4) is 0 Å². The van der Waals surface area contributed by atoms with E-state index >= 15 is 0 Å². The van der Waals surface area contributed by atoms with Crippen LogP contribution in [0.25, 0.3) is 0 Å². The number of imide groups is 1. The summed E-state index contributed by atoms with van der Waals surface area (Å²) >= 11 is 0. The van der Waals surface area contributed by atoms with Crippen LogP contribution in [0.1, 0.15) is 23.5 Å². The SMILES string of the molecule is C=CCN1C(=NCCC(c2ccccc2)c2ccccc2)NC2C1C(=O)NC(=O)N2C. The number of guanidine groups is 1. The fourth-order valence-corrected chi connectivity index (χ4v) is 4.26. The van der Waals surface area contributed by atoms with Gasteiger partial charge in [0.25, 0.3) is 5.91 Å². The third-order valence-corrected chi connectivity index (χ3v) is 5.83. The van der Waals surface area contributed by atoms with Crippen LogP contribution in [0.5, 0.6) is 0 Å². The molecule has 3 amide bonds. The first-order valence-electron chi connectivity index (χ1n) is 10.5. The molecular formula is C24H27N5O2. The maximum Gasteiger partial charge on any atom is 0.325 e. The maximum absolute atomic E-state index is 12.5. The summed E-state index contributed by atoms with van der Waals surface area (Å²) in [6.07, 6.45) is 2.11. The zero-order chi connectivity index (χ0) is 21.8. The Kier molecular flexibility index (Phi) is 6.02. The number of likely N-dealkylation sites (N-methyl/N-ethyl adjacent to an activating group) is 1. The molecule has 0 saturated carbocycles. The normalized spacial score (nSPS) is 21.8. The molecule has 2 fully saturated rings. The molecule has 0 radical (unpaired) electrons. The van der Waals surface area contributed by atoms with Crippen LogP contribution in [0.15, 0.2) is 78.3 Å². The monoisotopic (exact) mass is 417 g/mol. The van der Waals surface area contributed by atoms with Crippen molar-refractivity contribution in [2.75, 3.05) is 20.1 Å². The minimum Gasteiger partial charge on any atom is -0.333 e. The molecule has 2 atom stereocenters. The van der Waals surface area contributed by atoms with Crippen molar-refractivity contribution in [1.29, 1.82) is 0 Å². The maximum atomic E-state index is 12.5. The molecule has 0 aromatic heterocycles. The molecule has 4 rings (SSSR count). The molecule has 0 spiro atoms. The van der Waals surface area contributed by atoms with Crippen molar-refractivity contribution >= 4 is 17.9 Å². The van der Waals surface area contributed by atoms with Gasteiger partial charge in [0, 0.05) is 26.1 Å². The molecule has 0 aliphatic carbocycles. The van der Waals surface area contributed by atoms with Crippen LogP contribution in [0.3, 0.4) is 0 Å². The number of aliphatic imine (C=N–C) groups is 1. The topological polar surface area (TPSA) is 77.0 Å². The number of urea groups is 1. The molecule has 2 aliphatic heterocycles. The second-order valence-electron chi connectivity index (χ2n) is 7.75. The van der Waals surface area contributed by atoms with Crippen LogP contribution in [0.4, 0.5) is 4.79 Å². The van der Waals surface area contributed by atoms with Crippen molar-refractivity contribution in [1.82, 2.24) is 20.4 Å². The van der Waals surface area contributed by atoms with Gasteiger partial charge < -0.3 is 15.1 Å². The smallest absolute Gasteiger partial charge is 0.325 e. The van der Waals surface area contributed by atoms with Crippen LogP contribution in [0.2, 0.25) is 0 Å². The van der Waals surface area contributed by atoms with Crippen LogP contribution in [0, 0.1) is 0 Å². The number of nitrogens with zero attached hydrogens (tertiary/aromatic N) is 3. The van der Waals surface area contributed by atoms with Crippen LogP contribution < -0.4 is 10.6 Å². The summed E-state index contributed by atoms with van der Waals surface area (Å²) in [6.45, 7) is 4.84. The first-order valence-corrected chi connectivity index (χ1v) is 10.5. The summed E-state index contributed by atoms with van der Waals surface area (Å²) in [4.78, 5) is 32.7. The average Bonchev–Trinajstić information content (AvgIpc) is 3.15. The van der Waals surface area contributed by atoms with Gasteiger partial charge in [0.15, 0.2) is 12.0 Å². The Bertz CT molecular complexity index is 936. The third kappa shape index (κ3) is 4.17. The minimum absolute atomic E-state index is 0.218. The number of hydrogen-bond acceptors (Lipinski definition) is 3. The first-order chi connectivity index (χ1) is 15.1. The van der Waals surface area contributed by atoms with E-state index in [-0.39, 0.29) is 11.8 Å². The number of rotatable bonds is 7. The summed E-state index contributed by atoms with van der Waals surface area (Å²) in [7, 11) is 1.67. The molecule has 7 nitrogen and oxygen atoms in total. The highest BCUT2D eigenvalue weighted by atomic mass is 16.2. The predicted octanol–water partition coefficient (Wildman–Crippen LogP) is 2.53. The molecule has 2 unspecified atom stereocenters. The van der Waals surface area contributed by atoms with Gasteiger partial charge in [0.2, 0.25) is 0 Å². The Balaban J connectivity index is 1.55. The van der Waals surface area contributed by atoms with Crippen molar-refractivity contribution in [3.63, 3.8) is 0 Å². The first kappa shape index (κ1) is 20.7. The van der Waals surface area contributed by atoms with E-state index in [0.717, 1.165) is 6.42 Å². The van der Waals surface area contributed by atoms with Gasteiger partial charge in [-0.1, -0.05) is 66.7 Å². The third-order valence-electron chi connectivity index (χ3n) is 5.83. The molecule has 2 aromatic rings. The fraction of sp³-hybridized carbons (Fsp3) is 0.292. The summed E-state index contributed by atoms with van der Waals surface area (Å²) in [6, 6.07) is 19.9. The van der Waals surface area contributed by atoms with E-state index in [1.54, 1.807) is 13.1 Å². The van der Waals surface area contributed by atoms with Gasteiger partial charge in [-0.05, 0) is 17.5 Å². The number of fused-ring (bicyclic) bond motifs is 1. The Labute approximate surface area is 182 Å². The van der Waals surface area contributed by atoms with Crippen LogP contribution in [-0.2, 0) is 4.79 Å². The summed E-state index contributed by atoms with van der Waals surface area (Å²) in [5, 5.41) is 5.67. The number of carbonyl (C=O) groups is 2. The number of amides is 3. The van der Waals surface area contributed by atoms with E-state index in [1.807, 2.05) is 17.0 Å². The summed E-state index contributed by atoms with van der Waals surface area (Å²) in [5.74, 6) is 0.515. The van der Waals surface area contributed by atoms with Gasteiger partial charge in [-0.3, -0.25) is 15.1 Å². The highest BCUT2D eigenvalue weighted by Gasteiger charge is 2.49. The predicted molar refractivity (Wildman–Crippen MR) is 121 cm³/mol. The van der Waals surface area contributed by atoms with E-state index in [0.29, 0.717) is 19.0 Å². The van der Waals surface area contributed by atoms with Crippen LogP contribution in [-0.4, -0.2) is 60.0 Å². The number of hydrogen-bond donors (Lipinski definition) is 2. The molecule has 2 aromatic carbocycles. The highest BCUT2D eigenvalue weighted by molar-refractivity contribution is 6.04. The van der Waals surface area contributed by atoms with E-state index in [9.17, 15) is 9.59 Å². The lowest BCUT2D eigenvalue weighted by atomic mass is 9.89. The average molecular weight is 418 g/mol. The molecule has 2 heterocycles. The number of nitrogens with one attached hydrogen (secondary N) is 2. The van der Waals surface area contributed by atoms with Gasteiger partial charge >= 0.3 is 6.03 Å². The number of benzene rings is 2. The zero-order valence-electron chi connectivity index (χ0n) is 17.6. The molecule has 7 heteroatoms. The lowest BCUT2D eigenvalue weighted by Gasteiger charge is -2.35. The molecular weight excluding hydrogens is 390 g/mol.